The highest BCUT2D eigenvalue weighted by molar-refractivity contribution is 7.91. The molecule has 0 aromatic heterocycles. The second kappa shape index (κ2) is 6.60. The Morgan fingerprint density at radius 3 is 2.50 bits per heavy atom. The fourth-order valence-corrected chi connectivity index (χ4v) is 3.88. The number of halogens is 1. The van der Waals surface area contributed by atoms with Gasteiger partial charge in [0.25, 0.3) is 0 Å². The minimum absolute atomic E-state index is 0.0782. The zero-order chi connectivity index (χ0) is 17.2. The highest BCUT2D eigenvalue weighted by Gasteiger charge is 2.21. The first-order valence-electron chi connectivity index (χ1n) is 7.58. The number of nitrogens with zero attached hydrogens (tertiary/aromatic N) is 1. The molecule has 0 bridgehead atoms. The van der Waals surface area contributed by atoms with E-state index in [0.717, 1.165) is 12.1 Å². The van der Waals surface area contributed by atoms with Gasteiger partial charge in [-0.2, -0.15) is 0 Å². The smallest absolute Gasteiger partial charge is 0.236 e. The molecule has 0 spiro atoms. The Bertz CT molecular complexity index is 850. The van der Waals surface area contributed by atoms with Crippen molar-refractivity contribution in [3.63, 3.8) is 0 Å². The summed E-state index contributed by atoms with van der Waals surface area (Å²) in [5.74, 6) is -0.700. The summed E-state index contributed by atoms with van der Waals surface area (Å²) < 4.78 is 40.0. The van der Waals surface area contributed by atoms with Gasteiger partial charge in [-0.1, -0.05) is 12.1 Å². The van der Waals surface area contributed by atoms with Crippen LogP contribution in [-0.4, -0.2) is 20.9 Å². The third-order valence-corrected chi connectivity index (χ3v) is 5.03. The van der Waals surface area contributed by atoms with Gasteiger partial charge in [0.1, 0.15) is 5.82 Å². The Morgan fingerprint density at radius 1 is 1.12 bits per heavy atom. The molecular weight excluding hydrogens is 331 g/mol. The monoisotopic (exact) mass is 348 g/mol. The van der Waals surface area contributed by atoms with Gasteiger partial charge in [0.2, 0.25) is 15.9 Å². The molecule has 5 nitrogen and oxygen atoms in total. The number of hydrogen-bond acceptors (Lipinski definition) is 3. The van der Waals surface area contributed by atoms with Crippen LogP contribution in [-0.2, 0) is 20.6 Å². The standard InChI is InChI=1S/C17H17FN2O3S/c18-14-4-1-3-13(11-14)12-24(22,23)19-15-6-8-16(9-7-15)20-10-2-5-17(20)21/h1,3-4,6-9,11,19H,2,5,10,12H2. The zero-order valence-electron chi connectivity index (χ0n) is 12.9. The Morgan fingerprint density at radius 2 is 1.88 bits per heavy atom. The Labute approximate surface area is 140 Å². The Balaban J connectivity index is 1.69. The number of rotatable bonds is 5. The van der Waals surface area contributed by atoms with Crippen LogP contribution in [0.25, 0.3) is 0 Å². The van der Waals surface area contributed by atoms with E-state index in [0.29, 0.717) is 24.2 Å². The number of amides is 1. The predicted molar refractivity (Wildman–Crippen MR) is 90.7 cm³/mol. The SMILES string of the molecule is O=C1CCCN1c1ccc(NS(=O)(=O)Cc2cccc(F)c2)cc1. The van der Waals surface area contributed by atoms with Gasteiger partial charge >= 0.3 is 0 Å². The van der Waals surface area contributed by atoms with Crippen molar-refractivity contribution in [1.29, 1.82) is 0 Å². The van der Waals surface area contributed by atoms with Crippen molar-refractivity contribution in [3.05, 3.63) is 59.9 Å². The molecule has 1 heterocycles. The lowest BCUT2D eigenvalue weighted by molar-refractivity contribution is -0.117. The Kier molecular flexibility index (Phi) is 4.53. The topological polar surface area (TPSA) is 66.5 Å². The fourth-order valence-electron chi connectivity index (χ4n) is 2.69. The van der Waals surface area contributed by atoms with Crippen LogP contribution < -0.4 is 9.62 Å². The second-order valence-electron chi connectivity index (χ2n) is 5.69. The van der Waals surface area contributed by atoms with Gasteiger partial charge in [0.15, 0.2) is 0 Å². The highest BCUT2D eigenvalue weighted by atomic mass is 32.2. The lowest BCUT2D eigenvalue weighted by atomic mass is 10.2. The Hall–Kier alpha value is -2.41. The molecule has 0 aliphatic carbocycles. The van der Waals surface area contributed by atoms with Crippen LogP contribution in [0.2, 0.25) is 0 Å². The van der Waals surface area contributed by atoms with Crippen LogP contribution in [0.5, 0.6) is 0 Å². The van der Waals surface area contributed by atoms with Crippen LogP contribution in [0.1, 0.15) is 18.4 Å². The van der Waals surface area contributed by atoms with E-state index in [1.807, 2.05) is 0 Å². The van der Waals surface area contributed by atoms with Crippen LogP contribution in [0.15, 0.2) is 48.5 Å². The van der Waals surface area contributed by atoms with E-state index in [2.05, 4.69) is 4.72 Å². The number of carbonyl (C=O) groups excluding carboxylic acids is 1. The first-order chi connectivity index (χ1) is 11.4. The molecule has 1 aliphatic heterocycles. The number of nitrogens with one attached hydrogen (secondary N) is 1. The number of sulfonamides is 1. The number of benzene rings is 2. The highest BCUT2D eigenvalue weighted by Crippen LogP contribution is 2.23. The summed E-state index contributed by atoms with van der Waals surface area (Å²) in [4.78, 5) is 13.4. The van der Waals surface area contributed by atoms with Crippen molar-refractivity contribution in [1.82, 2.24) is 0 Å². The van der Waals surface area contributed by atoms with E-state index in [1.54, 1.807) is 35.2 Å². The van der Waals surface area contributed by atoms with Crippen molar-refractivity contribution in [3.8, 4) is 0 Å². The third kappa shape index (κ3) is 3.91. The number of hydrogen-bond donors (Lipinski definition) is 1. The van der Waals surface area contributed by atoms with Crippen molar-refractivity contribution in [2.24, 2.45) is 0 Å². The summed E-state index contributed by atoms with van der Waals surface area (Å²) in [5.41, 5.74) is 1.54. The number of carbonyl (C=O) groups is 1. The molecule has 1 N–H and O–H groups in total. The van der Waals surface area contributed by atoms with Gasteiger partial charge in [-0.15, -0.1) is 0 Å². The maximum atomic E-state index is 13.1. The molecule has 24 heavy (non-hydrogen) atoms. The molecule has 1 saturated heterocycles. The molecule has 7 heteroatoms. The van der Waals surface area contributed by atoms with Gasteiger partial charge < -0.3 is 4.90 Å². The van der Waals surface area contributed by atoms with Crippen molar-refractivity contribution >= 4 is 27.3 Å². The molecule has 0 radical (unpaired) electrons. The fraction of sp³-hybridized carbons (Fsp3) is 0.235. The average Bonchev–Trinajstić information content (AvgIpc) is 2.93. The van der Waals surface area contributed by atoms with Gasteiger partial charge in [-0.3, -0.25) is 9.52 Å². The van der Waals surface area contributed by atoms with Crippen molar-refractivity contribution in [2.45, 2.75) is 18.6 Å². The van der Waals surface area contributed by atoms with E-state index in [-0.39, 0.29) is 11.7 Å². The zero-order valence-corrected chi connectivity index (χ0v) is 13.7. The van der Waals surface area contributed by atoms with E-state index in [1.165, 1.54) is 18.2 Å². The lowest BCUT2D eigenvalue weighted by Gasteiger charge is -2.16. The van der Waals surface area contributed by atoms with Crippen molar-refractivity contribution < 1.29 is 17.6 Å². The lowest BCUT2D eigenvalue weighted by Crippen LogP contribution is -2.23. The normalized spacial score (nSPS) is 14.9. The van der Waals surface area contributed by atoms with Crippen LogP contribution in [0.3, 0.4) is 0 Å². The molecule has 1 amide bonds. The van der Waals surface area contributed by atoms with Gasteiger partial charge in [0.05, 0.1) is 5.75 Å². The molecule has 2 aromatic carbocycles. The van der Waals surface area contributed by atoms with E-state index >= 15 is 0 Å². The second-order valence-corrected chi connectivity index (χ2v) is 7.41. The summed E-state index contributed by atoms with van der Waals surface area (Å²) in [5, 5.41) is 0. The molecule has 1 fully saturated rings. The van der Waals surface area contributed by atoms with Crippen LogP contribution in [0.4, 0.5) is 15.8 Å². The third-order valence-electron chi connectivity index (χ3n) is 3.77. The van der Waals surface area contributed by atoms with E-state index in [9.17, 15) is 17.6 Å². The summed E-state index contributed by atoms with van der Waals surface area (Å²) in [6.45, 7) is 0.684. The quantitative estimate of drug-likeness (QED) is 0.903. The maximum Gasteiger partial charge on any atom is 0.236 e. The largest absolute Gasteiger partial charge is 0.312 e. The minimum Gasteiger partial charge on any atom is -0.312 e. The molecule has 1 aliphatic rings. The minimum atomic E-state index is -3.64. The van der Waals surface area contributed by atoms with Crippen molar-refractivity contribution in [2.75, 3.05) is 16.2 Å². The molecule has 0 saturated carbocycles. The van der Waals surface area contributed by atoms with Gasteiger partial charge in [-0.25, -0.2) is 12.8 Å². The number of anilines is 2. The van der Waals surface area contributed by atoms with Crippen LogP contribution in [0, 0.1) is 5.82 Å². The summed E-state index contributed by atoms with van der Waals surface area (Å²) in [6.07, 6.45) is 1.38. The summed E-state index contributed by atoms with van der Waals surface area (Å²) in [7, 11) is -3.64. The van der Waals surface area contributed by atoms with E-state index < -0.39 is 15.8 Å². The first-order valence-corrected chi connectivity index (χ1v) is 9.23. The van der Waals surface area contributed by atoms with Crippen LogP contribution >= 0.6 is 0 Å². The van der Waals surface area contributed by atoms with Gasteiger partial charge in [0, 0.05) is 24.3 Å². The molecular formula is C17H17FN2O3S. The maximum absolute atomic E-state index is 13.1. The molecule has 0 atom stereocenters. The molecule has 3 rings (SSSR count). The molecule has 0 unspecified atom stereocenters. The van der Waals surface area contributed by atoms with E-state index in [4.69, 9.17) is 0 Å². The summed E-state index contributed by atoms with van der Waals surface area (Å²) in [6, 6.07) is 12.1. The molecule has 2 aromatic rings. The summed E-state index contributed by atoms with van der Waals surface area (Å²) >= 11 is 0. The molecule has 126 valence electrons. The van der Waals surface area contributed by atoms with Gasteiger partial charge in [-0.05, 0) is 48.4 Å². The first kappa shape index (κ1) is 16.4. The average molecular weight is 348 g/mol. The predicted octanol–water partition coefficient (Wildman–Crippen LogP) is 2.89.